The molecule has 2 N–H and O–H groups in total. The minimum atomic E-state index is -2.77. The van der Waals surface area contributed by atoms with E-state index in [1.165, 1.54) is 6.92 Å². The molecule has 1 heterocycles. The fourth-order valence-electron chi connectivity index (χ4n) is 2.54. The number of aliphatic carboxylic acids is 1. The second-order valence-electron chi connectivity index (χ2n) is 5.34. The topological polar surface area (TPSA) is 84.2 Å². The first kappa shape index (κ1) is 15.4. The van der Waals surface area contributed by atoms with Crippen LogP contribution in [0, 0.1) is 13.8 Å². The molecule has 0 aromatic carbocycles. The van der Waals surface area contributed by atoms with Crippen LogP contribution in [0.5, 0.6) is 0 Å². The molecule has 1 fully saturated rings. The molecule has 0 spiro atoms. The molecule has 1 aliphatic rings. The summed E-state index contributed by atoms with van der Waals surface area (Å²) in [4.78, 5) is 23.2. The number of hydrogen-bond donors (Lipinski definition) is 2. The van der Waals surface area contributed by atoms with Crippen molar-refractivity contribution in [3.63, 3.8) is 0 Å². The summed E-state index contributed by atoms with van der Waals surface area (Å²) < 4.78 is 26.0. The van der Waals surface area contributed by atoms with Crippen molar-refractivity contribution in [2.45, 2.75) is 51.6 Å². The Morgan fingerprint density at radius 3 is 2.43 bits per heavy atom. The lowest BCUT2D eigenvalue weighted by atomic mass is 9.76. The maximum absolute atomic E-state index is 12.7. The average molecular weight is 301 g/mol. The van der Waals surface area contributed by atoms with Gasteiger partial charge in [0, 0.05) is 11.3 Å². The van der Waals surface area contributed by atoms with Crippen molar-refractivity contribution < 1.29 is 23.5 Å². The molecule has 0 unspecified atom stereocenters. The van der Waals surface area contributed by atoms with Crippen LogP contribution in [0.4, 0.5) is 8.78 Å². The highest BCUT2D eigenvalue weighted by molar-refractivity contribution is 5.88. The Balaban J connectivity index is 2.12. The van der Waals surface area contributed by atoms with Crippen molar-refractivity contribution in [3.8, 4) is 0 Å². The second kappa shape index (κ2) is 5.42. The minimum Gasteiger partial charge on any atom is -0.480 e. The Hall–Kier alpha value is -1.99. The summed E-state index contributed by atoms with van der Waals surface area (Å²) in [5.74, 6) is -1.55. The standard InChI is InChI=1S/C13H17F2N3O3/c1-7-9(8(2)18(17-7)12(14)15)6-10(19)16-13(11(20)21)4-3-5-13/h12H,3-6H2,1-2H3,(H,16,19)(H,20,21). The van der Waals surface area contributed by atoms with E-state index in [1.54, 1.807) is 6.92 Å². The van der Waals surface area contributed by atoms with Gasteiger partial charge in [0.05, 0.1) is 12.1 Å². The zero-order valence-corrected chi connectivity index (χ0v) is 11.8. The van der Waals surface area contributed by atoms with Crippen molar-refractivity contribution in [2.75, 3.05) is 0 Å². The predicted octanol–water partition coefficient (Wildman–Crippen LogP) is 1.56. The lowest BCUT2D eigenvalue weighted by Crippen LogP contribution is -2.59. The maximum atomic E-state index is 12.7. The van der Waals surface area contributed by atoms with Gasteiger partial charge < -0.3 is 10.4 Å². The van der Waals surface area contributed by atoms with Crippen LogP contribution in [0.3, 0.4) is 0 Å². The monoisotopic (exact) mass is 301 g/mol. The number of carboxylic acid groups (broad SMARTS) is 1. The van der Waals surface area contributed by atoms with Gasteiger partial charge >= 0.3 is 12.5 Å². The van der Waals surface area contributed by atoms with Gasteiger partial charge in [0.15, 0.2) is 0 Å². The van der Waals surface area contributed by atoms with Crippen LogP contribution < -0.4 is 5.32 Å². The predicted molar refractivity (Wildman–Crippen MR) is 69.0 cm³/mol. The van der Waals surface area contributed by atoms with Crippen LogP contribution in [0.2, 0.25) is 0 Å². The normalized spacial score (nSPS) is 16.6. The molecule has 21 heavy (non-hydrogen) atoms. The summed E-state index contributed by atoms with van der Waals surface area (Å²) in [6, 6.07) is 0. The number of amides is 1. The summed E-state index contributed by atoms with van der Waals surface area (Å²) in [6.45, 7) is 0.244. The van der Waals surface area contributed by atoms with E-state index in [2.05, 4.69) is 10.4 Å². The number of carbonyl (C=O) groups is 2. The number of hydrogen-bond acceptors (Lipinski definition) is 3. The molecule has 0 radical (unpaired) electrons. The third-order valence-corrected chi connectivity index (χ3v) is 3.99. The number of aromatic nitrogens is 2. The first-order chi connectivity index (χ1) is 9.77. The third kappa shape index (κ3) is 2.74. The number of rotatable bonds is 5. The van der Waals surface area contributed by atoms with Gasteiger partial charge in [-0.3, -0.25) is 4.79 Å². The van der Waals surface area contributed by atoms with Crippen LogP contribution in [-0.4, -0.2) is 32.3 Å². The smallest absolute Gasteiger partial charge is 0.333 e. The Bertz CT molecular complexity index is 579. The van der Waals surface area contributed by atoms with Gasteiger partial charge in [0.2, 0.25) is 5.91 Å². The van der Waals surface area contributed by atoms with Gasteiger partial charge in [-0.05, 0) is 33.1 Å². The Morgan fingerprint density at radius 1 is 1.43 bits per heavy atom. The quantitative estimate of drug-likeness (QED) is 0.864. The highest BCUT2D eigenvalue weighted by Crippen LogP contribution is 2.32. The maximum Gasteiger partial charge on any atom is 0.333 e. The lowest BCUT2D eigenvalue weighted by Gasteiger charge is -2.38. The molecule has 1 aliphatic carbocycles. The van der Waals surface area contributed by atoms with E-state index in [0.29, 0.717) is 28.8 Å². The molecular formula is C13H17F2N3O3. The van der Waals surface area contributed by atoms with E-state index in [1.807, 2.05) is 0 Å². The molecule has 1 amide bonds. The van der Waals surface area contributed by atoms with Crippen LogP contribution in [-0.2, 0) is 16.0 Å². The highest BCUT2D eigenvalue weighted by atomic mass is 19.3. The molecule has 2 rings (SSSR count). The summed E-state index contributed by atoms with van der Waals surface area (Å²) in [6.07, 6.45) is 1.37. The minimum absolute atomic E-state index is 0.153. The van der Waals surface area contributed by atoms with Gasteiger partial charge in [0.25, 0.3) is 0 Å². The molecule has 1 aromatic rings. The number of carbonyl (C=O) groups excluding carboxylic acids is 1. The number of alkyl halides is 2. The van der Waals surface area contributed by atoms with Crippen LogP contribution in [0.25, 0.3) is 0 Å². The number of halogens is 2. The molecule has 0 aliphatic heterocycles. The third-order valence-electron chi connectivity index (χ3n) is 3.99. The first-order valence-electron chi connectivity index (χ1n) is 6.64. The lowest BCUT2D eigenvalue weighted by molar-refractivity contribution is -0.151. The van der Waals surface area contributed by atoms with Gasteiger partial charge in [-0.2, -0.15) is 13.9 Å². The fraction of sp³-hybridized carbons (Fsp3) is 0.615. The number of carboxylic acids is 1. The van der Waals surface area contributed by atoms with Crippen LogP contribution in [0.1, 0.15) is 42.8 Å². The zero-order valence-electron chi connectivity index (χ0n) is 11.8. The summed E-state index contributed by atoms with van der Waals surface area (Å²) >= 11 is 0. The number of nitrogens with one attached hydrogen (secondary N) is 1. The largest absolute Gasteiger partial charge is 0.480 e. The van der Waals surface area contributed by atoms with E-state index in [0.717, 1.165) is 6.42 Å². The van der Waals surface area contributed by atoms with Gasteiger partial charge in [0.1, 0.15) is 5.54 Å². The summed E-state index contributed by atoms with van der Waals surface area (Å²) in [7, 11) is 0. The molecule has 8 heteroatoms. The van der Waals surface area contributed by atoms with E-state index < -0.39 is 24.0 Å². The Kier molecular flexibility index (Phi) is 3.97. The number of nitrogens with zero attached hydrogens (tertiary/aromatic N) is 2. The SMILES string of the molecule is Cc1nn(C(F)F)c(C)c1CC(=O)NC1(C(=O)O)CCC1. The van der Waals surface area contributed by atoms with Crippen molar-refractivity contribution >= 4 is 11.9 Å². The van der Waals surface area contributed by atoms with Crippen molar-refractivity contribution in [3.05, 3.63) is 17.0 Å². The molecule has 0 saturated heterocycles. The molecule has 0 bridgehead atoms. The molecular weight excluding hydrogens is 284 g/mol. The highest BCUT2D eigenvalue weighted by Gasteiger charge is 2.45. The summed E-state index contributed by atoms with van der Waals surface area (Å²) in [5.41, 5.74) is -0.221. The van der Waals surface area contributed by atoms with Gasteiger partial charge in [-0.25, -0.2) is 9.48 Å². The van der Waals surface area contributed by atoms with Crippen molar-refractivity contribution in [2.24, 2.45) is 0 Å². The fourth-order valence-corrected chi connectivity index (χ4v) is 2.54. The van der Waals surface area contributed by atoms with E-state index >= 15 is 0 Å². The summed E-state index contributed by atoms with van der Waals surface area (Å²) in [5, 5.41) is 15.4. The van der Waals surface area contributed by atoms with E-state index in [-0.39, 0.29) is 12.1 Å². The molecule has 1 aromatic heterocycles. The number of aryl methyl sites for hydroxylation is 1. The average Bonchev–Trinajstić information content (AvgIpc) is 2.61. The van der Waals surface area contributed by atoms with Gasteiger partial charge in [-0.1, -0.05) is 0 Å². The van der Waals surface area contributed by atoms with Crippen LogP contribution in [0.15, 0.2) is 0 Å². The first-order valence-corrected chi connectivity index (χ1v) is 6.64. The van der Waals surface area contributed by atoms with E-state index in [9.17, 15) is 18.4 Å². The molecule has 116 valence electrons. The van der Waals surface area contributed by atoms with Crippen molar-refractivity contribution in [1.29, 1.82) is 0 Å². The Morgan fingerprint density at radius 2 is 2.05 bits per heavy atom. The van der Waals surface area contributed by atoms with Gasteiger partial charge in [-0.15, -0.1) is 0 Å². The zero-order chi connectivity index (χ0) is 15.8. The molecule has 6 nitrogen and oxygen atoms in total. The second-order valence-corrected chi connectivity index (χ2v) is 5.34. The van der Waals surface area contributed by atoms with Crippen molar-refractivity contribution in [1.82, 2.24) is 15.1 Å². The Labute approximate surface area is 120 Å². The van der Waals surface area contributed by atoms with Crippen LogP contribution >= 0.6 is 0 Å². The van der Waals surface area contributed by atoms with E-state index in [4.69, 9.17) is 5.11 Å². The molecule has 0 atom stereocenters. The molecule has 1 saturated carbocycles.